The lowest BCUT2D eigenvalue weighted by molar-refractivity contribution is 1.24. The van der Waals surface area contributed by atoms with Gasteiger partial charge in [0.2, 0.25) is 0 Å². The number of hydrogen-bond donors (Lipinski definition) is 0. The molecule has 0 aromatic rings. The summed E-state index contributed by atoms with van der Waals surface area (Å²) in [6.07, 6.45) is 0. The van der Waals surface area contributed by atoms with Crippen molar-refractivity contribution in [2.75, 3.05) is 0 Å². The Morgan fingerprint density at radius 1 is 0.857 bits per heavy atom. The lowest BCUT2D eigenvalue weighted by Gasteiger charge is -1.86. The smallest absolute Gasteiger partial charge is 0.0373 e. The molecule has 0 N–H and O–H groups in total. The van der Waals surface area contributed by atoms with Crippen molar-refractivity contribution in [3.8, 4) is 0 Å². The molecule has 0 aromatic carbocycles. The van der Waals surface area contributed by atoms with Gasteiger partial charge in [-0.2, -0.15) is 0 Å². The minimum atomic E-state index is 0.137. The fourth-order valence-electron chi connectivity index (χ4n) is 0.750. The van der Waals surface area contributed by atoms with Crippen molar-refractivity contribution in [2.45, 2.75) is 38.9 Å². The van der Waals surface area contributed by atoms with E-state index in [1.165, 1.54) is 18.1 Å². The highest BCUT2D eigenvalue weighted by Gasteiger charge is 2.16. The third-order valence-corrected chi connectivity index (χ3v) is 4.50. The van der Waals surface area contributed by atoms with E-state index in [0.29, 0.717) is 0 Å². The van der Waals surface area contributed by atoms with Gasteiger partial charge in [-0.05, 0) is 20.8 Å². The van der Waals surface area contributed by atoms with Crippen LogP contribution in [0, 0.1) is 0 Å². The van der Waals surface area contributed by atoms with Crippen molar-refractivity contribution < 1.29 is 0 Å². The summed E-state index contributed by atoms with van der Waals surface area (Å²) in [5.74, 6) is 0. The SMILES string of the molecule is CC[Si+](CC)CC. The Morgan fingerprint density at radius 3 is 1.14 bits per heavy atom. The average Bonchev–Trinajstić information content (AvgIpc) is 1.72. The molecular weight excluding hydrogens is 100 g/mol. The molecule has 0 aliphatic carbocycles. The highest BCUT2D eigenvalue weighted by atomic mass is 28.3. The predicted molar refractivity (Wildman–Crippen MR) is 37.2 cm³/mol. The van der Waals surface area contributed by atoms with Crippen LogP contribution in [0.1, 0.15) is 20.8 Å². The van der Waals surface area contributed by atoms with Crippen molar-refractivity contribution in [3.63, 3.8) is 0 Å². The molecular formula is C6H15Si+. The molecule has 0 fully saturated rings. The molecule has 0 aromatic heterocycles. The second-order valence-corrected chi connectivity index (χ2v) is 5.43. The van der Waals surface area contributed by atoms with Gasteiger partial charge in [-0.25, -0.2) is 0 Å². The van der Waals surface area contributed by atoms with Gasteiger partial charge in [0.25, 0.3) is 0 Å². The van der Waals surface area contributed by atoms with Crippen LogP contribution in [0.3, 0.4) is 0 Å². The topological polar surface area (TPSA) is 0 Å². The summed E-state index contributed by atoms with van der Waals surface area (Å²) >= 11 is 0. The lowest BCUT2D eigenvalue weighted by atomic mass is 10.9. The molecule has 7 heavy (non-hydrogen) atoms. The first kappa shape index (κ1) is 7.22. The summed E-state index contributed by atoms with van der Waals surface area (Å²) in [5, 5.41) is 0. The lowest BCUT2D eigenvalue weighted by Crippen LogP contribution is -2.04. The van der Waals surface area contributed by atoms with Gasteiger partial charge in [0.1, 0.15) is 0 Å². The molecule has 0 amide bonds. The first-order chi connectivity index (χ1) is 3.35. The zero-order valence-corrected chi connectivity index (χ0v) is 6.62. The minimum absolute atomic E-state index is 0.137. The second kappa shape index (κ2) is 4.38. The van der Waals surface area contributed by atoms with Gasteiger partial charge < -0.3 is 0 Å². The van der Waals surface area contributed by atoms with E-state index in [2.05, 4.69) is 20.8 Å². The molecule has 0 heterocycles. The maximum atomic E-state index is 2.31. The first-order valence-electron chi connectivity index (χ1n) is 3.18. The normalized spacial score (nSPS) is 9.00. The molecule has 0 nitrogen and oxygen atoms in total. The summed E-state index contributed by atoms with van der Waals surface area (Å²) in [4.78, 5) is 0. The monoisotopic (exact) mass is 115 g/mol. The predicted octanol–water partition coefficient (Wildman–Crippen LogP) is 2.54. The first-order valence-corrected chi connectivity index (χ1v) is 5.30. The molecule has 0 rings (SSSR count). The van der Waals surface area contributed by atoms with Crippen molar-refractivity contribution in [3.05, 3.63) is 0 Å². The molecule has 0 aliphatic heterocycles. The Labute approximate surface area is 48.5 Å². The van der Waals surface area contributed by atoms with E-state index < -0.39 is 0 Å². The Balaban J connectivity index is 2.99. The van der Waals surface area contributed by atoms with Crippen LogP contribution in [0.4, 0.5) is 0 Å². The maximum absolute atomic E-state index is 2.31. The molecule has 0 aliphatic rings. The van der Waals surface area contributed by atoms with Crippen LogP contribution in [-0.2, 0) is 0 Å². The van der Waals surface area contributed by atoms with E-state index in [0.717, 1.165) is 0 Å². The molecule has 0 saturated carbocycles. The molecule has 0 unspecified atom stereocenters. The molecule has 1 heteroatoms. The van der Waals surface area contributed by atoms with Crippen LogP contribution < -0.4 is 0 Å². The molecule has 0 saturated heterocycles. The zero-order chi connectivity index (χ0) is 5.70. The summed E-state index contributed by atoms with van der Waals surface area (Å²) in [6.45, 7) is 6.92. The summed E-state index contributed by atoms with van der Waals surface area (Å²) < 4.78 is 0. The Bertz CT molecular complexity index is 25.7. The van der Waals surface area contributed by atoms with Crippen molar-refractivity contribution in [2.24, 2.45) is 0 Å². The van der Waals surface area contributed by atoms with Gasteiger partial charge in [-0.1, -0.05) is 0 Å². The van der Waals surface area contributed by atoms with E-state index in [-0.39, 0.29) is 8.80 Å². The van der Waals surface area contributed by atoms with Crippen LogP contribution in [-0.4, -0.2) is 8.80 Å². The van der Waals surface area contributed by atoms with Crippen LogP contribution >= 0.6 is 0 Å². The number of rotatable bonds is 3. The Morgan fingerprint density at radius 2 is 1.14 bits per heavy atom. The third-order valence-electron chi connectivity index (χ3n) is 1.50. The molecule has 0 atom stereocenters. The van der Waals surface area contributed by atoms with Gasteiger partial charge in [-0.3, -0.25) is 0 Å². The van der Waals surface area contributed by atoms with Gasteiger partial charge in [0, 0.05) is 0 Å². The summed E-state index contributed by atoms with van der Waals surface area (Å²) in [7, 11) is 0.137. The molecule has 0 spiro atoms. The largest absolute Gasteiger partial charge is 0.313 e. The van der Waals surface area contributed by atoms with E-state index >= 15 is 0 Å². The summed E-state index contributed by atoms with van der Waals surface area (Å²) in [6, 6.07) is 4.37. The number of hydrogen-bond acceptors (Lipinski definition) is 0. The van der Waals surface area contributed by atoms with Crippen molar-refractivity contribution in [1.29, 1.82) is 0 Å². The fourth-order valence-corrected chi connectivity index (χ4v) is 2.25. The molecule has 0 radical (unpaired) electrons. The van der Waals surface area contributed by atoms with Gasteiger partial charge in [0.05, 0.1) is 18.1 Å². The molecule has 42 valence electrons. The quantitative estimate of drug-likeness (QED) is 0.496. The van der Waals surface area contributed by atoms with E-state index in [9.17, 15) is 0 Å². The maximum Gasteiger partial charge on any atom is 0.313 e. The zero-order valence-electron chi connectivity index (χ0n) is 5.62. The van der Waals surface area contributed by atoms with E-state index in [1.54, 1.807) is 0 Å². The van der Waals surface area contributed by atoms with E-state index in [4.69, 9.17) is 0 Å². The highest BCUT2D eigenvalue weighted by Crippen LogP contribution is 2.01. The standard InChI is InChI=1S/C6H15Si/c1-4-7(5-2)6-3/h4-6H2,1-3H3/q+1. The van der Waals surface area contributed by atoms with Gasteiger partial charge in [0.15, 0.2) is 0 Å². The van der Waals surface area contributed by atoms with Crippen LogP contribution in [0.25, 0.3) is 0 Å². The van der Waals surface area contributed by atoms with Crippen LogP contribution in [0.5, 0.6) is 0 Å². The highest BCUT2D eigenvalue weighted by molar-refractivity contribution is 6.58. The van der Waals surface area contributed by atoms with Crippen molar-refractivity contribution in [1.82, 2.24) is 0 Å². The van der Waals surface area contributed by atoms with Crippen molar-refractivity contribution >= 4 is 8.80 Å². The van der Waals surface area contributed by atoms with Crippen LogP contribution in [0.15, 0.2) is 0 Å². The second-order valence-electron chi connectivity index (χ2n) is 1.81. The third kappa shape index (κ3) is 2.86. The minimum Gasteiger partial charge on any atom is -0.0373 e. The Kier molecular flexibility index (Phi) is 4.51. The average molecular weight is 115 g/mol. The Hall–Kier alpha value is 0.217. The van der Waals surface area contributed by atoms with E-state index in [1.807, 2.05) is 0 Å². The summed E-state index contributed by atoms with van der Waals surface area (Å²) in [5.41, 5.74) is 0. The molecule has 0 bridgehead atoms. The van der Waals surface area contributed by atoms with Crippen LogP contribution in [0.2, 0.25) is 18.1 Å². The van der Waals surface area contributed by atoms with Gasteiger partial charge >= 0.3 is 8.80 Å². The van der Waals surface area contributed by atoms with Gasteiger partial charge in [-0.15, -0.1) is 0 Å². The fraction of sp³-hybridized carbons (Fsp3) is 1.00.